The number of nitrogens with one attached hydrogen (secondary N) is 1. The van der Waals surface area contributed by atoms with Crippen molar-refractivity contribution in [1.29, 1.82) is 0 Å². The lowest BCUT2D eigenvalue weighted by Gasteiger charge is -2.34. The quantitative estimate of drug-likeness (QED) is 0.150. The molecule has 0 fully saturated rings. The first-order valence-electron chi connectivity index (χ1n) is 12.5. The van der Waals surface area contributed by atoms with Gasteiger partial charge < -0.3 is 15.2 Å². The fourth-order valence-electron chi connectivity index (χ4n) is 3.53. The van der Waals surface area contributed by atoms with Crippen molar-refractivity contribution in [3.63, 3.8) is 0 Å². The van der Waals surface area contributed by atoms with Crippen LogP contribution in [0.25, 0.3) is 0 Å². The molecule has 11 nitrogen and oxygen atoms in total. The van der Waals surface area contributed by atoms with E-state index in [0.29, 0.717) is 5.56 Å². The second kappa shape index (κ2) is 12.9. The van der Waals surface area contributed by atoms with Crippen molar-refractivity contribution in [1.82, 2.24) is 5.32 Å². The van der Waals surface area contributed by atoms with Crippen molar-refractivity contribution < 1.29 is 37.7 Å². The molecule has 0 aliphatic heterocycles. The molecule has 1 amide bonds. The molecule has 12 heteroatoms. The Morgan fingerprint density at radius 1 is 0.974 bits per heavy atom. The minimum absolute atomic E-state index is 0.127. The fourth-order valence-corrected chi connectivity index (χ4v) is 5.46. The standard InChI is InChI=1S/C27H39N2O9P/c1-25(2,3)37-39(34,38-26(4,5)6)36-19-27(7,28-24(30)31)16-15-20-13-14-23(22(17-20)29(32)33)35-18-21-11-9-8-10-12-21/h8-14,17,28H,15-16,18-19H2,1-7H3,(H,30,31)/t27-/m1/s1. The molecule has 2 aromatic carbocycles. The first-order valence-corrected chi connectivity index (χ1v) is 14.0. The van der Waals surface area contributed by atoms with Crippen molar-refractivity contribution in [3.8, 4) is 5.75 Å². The second-order valence-corrected chi connectivity index (χ2v) is 13.0. The molecule has 0 radical (unpaired) electrons. The van der Waals surface area contributed by atoms with Gasteiger partial charge in [-0.2, -0.15) is 0 Å². The Balaban J connectivity index is 2.19. The number of carboxylic acid groups (broad SMARTS) is 1. The molecule has 1 atom stereocenters. The number of nitrogens with zero attached hydrogens (tertiary/aromatic N) is 1. The zero-order chi connectivity index (χ0) is 29.5. The van der Waals surface area contributed by atoms with Crippen molar-refractivity contribution >= 4 is 19.6 Å². The molecule has 0 aromatic heterocycles. The highest BCUT2D eigenvalue weighted by molar-refractivity contribution is 7.48. The maximum absolute atomic E-state index is 13.4. The van der Waals surface area contributed by atoms with E-state index in [1.165, 1.54) is 12.1 Å². The topological polar surface area (TPSA) is 146 Å². The van der Waals surface area contributed by atoms with Crippen LogP contribution in [0.4, 0.5) is 10.5 Å². The van der Waals surface area contributed by atoms with Gasteiger partial charge in [0.15, 0.2) is 5.75 Å². The first-order chi connectivity index (χ1) is 17.9. The summed E-state index contributed by atoms with van der Waals surface area (Å²) in [6, 6.07) is 13.9. The number of carbonyl (C=O) groups is 1. The number of hydrogen-bond donors (Lipinski definition) is 2. The van der Waals surface area contributed by atoms with E-state index < -0.39 is 35.6 Å². The molecule has 0 bridgehead atoms. The smallest absolute Gasteiger partial charge is 0.475 e. The van der Waals surface area contributed by atoms with Gasteiger partial charge >= 0.3 is 19.6 Å². The van der Waals surface area contributed by atoms with E-state index in [2.05, 4.69) is 5.32 Å². The highest BCUT2D eigenvalue weighted by Gasteiger charge is 2.40. The van der Waals surface area contributed by atoms with Gasteiger partial charge in [-0.1, -0.05) is 36.4 Å². The van der Waals surface area contributed by atoms with E-state index in [-0.39, 0.29) is 37.5 Å². The van der Waals surface area contributed by atoms with E-state index in [9.17, 15) is 24.6 Å². The number of amides is 1. The summed E-state index contributed by atoms with van der Waals surface area (Å²) in [5.41, 5.74) is -1.68. The summed E-state index contributed by atoms with van der Waals surface area (Å²) < 4.78 is 36.0. The molecular weight excluding hydrogens is 527 g/mol. The normalized spacial score (nSPS) is 13.9. The maximum atomic E-state index is 13.4. The molecule has 2 rings (SSSR count). The lowest BCUT2D eigenvalue weighted by Crippen LogP contribution is -2.49. The van der Waals surface area contributed by atoms with Crippen molar-refractivity contribution in [2.75, 3.05) is 6.61 Å². The summed E-state index contributed by atoms with van der Waals surface area (Å²) in [5, 5.41) is 23.6. The van der Waals surface area contributed by atoms with Gasteiger partial charge in [-0.3, -0.25) is 23.7 Å². The number of rotatable bonds is 13. The Hall–Kier alpha value is -2.98. The Bertz CT molecular complexity index is 1160. The molecule has 0 unspecified atom stereocenters. The molecule has 0 saturated heterocycles. The number of ether oxygens (including phenoxy) is 1. The van der Waals surface area contributed by atoms with Crippen LogP contribution in [0, 0.1) is 10.1 Å². The van der Waals surface area contributed by atoms with Gasteiger partial charge in [-0.25, -0.2) is 9.36 Å². The third-order valence-corrected chi connectivity index (χ3v) is 7.13. The summed E-state index contributed by atoms with van der Waals surface area (Å²) in [6.45, 7) is 11.6. The van der Waals surface area contributed by atoms with Crippen LogP contribution in [0.5, 0.6) is 5.75 Å². The predicted molar refractivity (Wildman–Crippen MR) is 147 cm³/mol. The SMILES string of the molecule is CC(C)(C)OP(=O)(OC[C@@](C)(CCc1ccc(OCc2ccccc2)c([N+](=O)[O-])c1)NC(=O)O)OC(C)(C)C. The van der Waals surface area contributed by atoms with Gasteiger partial charge in [-0.15, -0.1) is 0 Å². The predicted octanol–water partition coefficient (Wildman–Crippen LogP) is 6.89. The van der Waals surface area contributed by atoms with Crippen LogP contribution in [-0.2, 0) is 31.2 Å². The van der Waals surface area contributed by atoms with E-state index in [1.54, 1.807) is 54.5 Å². The van der Waals surface area contributed by atoms with Crippen LogP contribution >= 0.6 is 7.82 Å². The van der Waals surface area contributed by atoms with Crippen LogP contribution in [-0.4, -0.2) is 39.5 Å². The molecular formula is C27H39N2O9P. The lowest BCUT2D eigenvalue weighted by atomic mass is 9.94. The van der Waals surface area contributed by atoms with Crippen LogP contribution < -0.4 is 10.1 Å². The van der Waals surface area contributed by atoms with Gasteiger partial charge in [0.1, 0.15) is 6.61 Å². The van der Waals surface area contributed by atoms with Crippen molar-refractivity contribution in [2.24, 2.45) is 0 Å². The van der Waals surface area contributed by atoms with Gasteiger partial charge in [-0.05, 0) is 78.5 Å². The molecule has 0 heterocycles. The number of benzene rings is 2. The summed E-state index contributed by atoms with van der Waals surface area (Å²) in [7, 11) is -4.10. The van der Waals surface area contributed by atoms with Gasteiger partial charge in [0.25, 0.3) is 0 Å². The maximum Gasteiger partial charge on any atom is 0.475 e. The molecule has 2 N–H and O–H groups in total. The average molecular weight is 567 g/mol. The van der Waals surface area contributed by atoms with Crippen LogP contribution in [0.2, 0.25) is 0 Å². The second-order valence-electron chi connectivity index (χ2n) is 11.5. The Labute approximate surface area is 229 Å². The Morgan fingerprint density at radius 3 is 2.08 bits per heavy atom. The van der Waals surface area contributed by atoms with E-state index in [4.69, 9.17) is 18.3 Å². The van der Waals surface area contributed by atoms with Gasteiger partial charge in [0, 0.05) is 6.07 Å². The van der Waals surface area contributed by atoms with Gasteiger partial charge in [0.2, 0.25) is 0 Å². The molecule has 2 aromatic rings. The first kappa shape index (κ1) is 32.2. The highest BCUT2D eigenvalue weighted by atomic mass is 31.2. The highest BCUT2D eigenvalue weighted by Crippen LogP contribution is 2.55. The number of hydrogen-bond acceptors (Lipinski definition) is 8. The largest absolute Gasteiger partial charge is 0.482 e. The Morgan fingerprint density at radius 2 is 1.56 bits per heavy atom. The number of nitro groups is 1. The summed E-state index contributed by atoms with van der Waals surface area (Å²) in [4.78, 5) is 22.8. The van der Waals surface area contributed by atoms with Crippen molar-refractivity contribution in [2.45, 2.75) is 84.7 Å². The zero-order valence-electron chi connectivity index (χ0n) is 23.6. The molecule has 0 saturated carbocycles. The molecule has 0 spiro atoms. The molecule has 216 valence electrons. The van der Waals surface area contributed by atoms with Crippen LogP contribution in [0.1, 0.15) is 66.0 Å². The zero-order valence-corrected chi connectivity index (χ0v) is 24.4. The number of aryl methyl sites for hydroxylation is 1. The van der Waals surface area contributed by atoms with Crippen LogP contribution in [0.15, 0.2) is 48.5 Å². The average Bonchev–Trinajstić information content (AvgIpc) is 2.78. The summed E-state index contributed by atoms with van der Waals surface area (Å²) >= 11 is 0. The minimum atomic E-state index is -4.10. The summed E-state index contributed by atoms with van der Waals surface area (Å²) in [5.74, 6) is 0.127. The van der Waals surface area contributed by atoms with Crippen LogP contribution in [0.3, 0.4) is 0 Å². The minimum Gasteiger partial charge on any atom is -0.482 e. The van der Waals surface area contributed by atoms with E-state index >= 15 is 0 Å². The molecule has 0 aliphatic carbocycles. The third kappa shape index (κ3) is 11.7. The fraction of sp³-hybridized carbons (Fsp3) is 0.519. The van der Waals surface area contributed by atoms with Gasteiger partial charge in [0.05, 0.1) is 28.3 Å². The molecule has 0 aliphatic rings. The lowest BCUT2D eigenvalue weighted by molar-refractivity contribution is -0.386. The number of phosphoric acid groups is 1. The van der Waals surface area contributed by atoms with E-state index in [1.807, 2.05) is 30.3 Å². The monoisotopic (exact) mass is 566 g/mol. The molecule has 39 heavy (non-hydrogen) atoms. The van der Waals surface area contributed by atoms with E-state index in [0.717, 1.165) is 5.56 Å². The number of phosphoric ester groups is 1. The van der Waals surface area contributed by atoms with Crippen molar-refractivity contribution in [3.05, 3.63) is 69.8 Å². The summed E-state index contributed by atoms with van der Waals surface area (Å²) in [6.07, 6.45) is -0.879. The Kier molecular flexibility index (Phi) is 10.7. The number of nitro benzene ring substituents is 1. The third-order valence-electron chi connectivity index (χ3n) is 5.14.